The van der Waals surface area contributed by atoms with Crippen molar-refractivity contribution in [2.24, 2.45) is 0 Å². The third kappa shape index (κ3) is 4.45. The molecule has 0 atom stereocenters. The predicted octanol–water partition coefficient (Wildman–Crippen LogP) is 3.78. The molecular weight excluding hydrogens is 393 g/mol. The third-order valence-corrected chi connectivity index (χ3v) is 5.06. The summed E-state index contributed by atoms with van der Waals surface area (Å²) in [6.07, 6.45) is -0.554. The van der Waals surface area contributed by atoms with E-state index in [1.54, 1.807) is 10.7 Å². The standard InChI is InChI=1S/C21H21F3N6/c1-16-5-7-18(8-6-16)30-20(25-26-27-30)9-10-28-11-13-29(14-12-28)19-4-2-3-17(15-19)21(22,23)24/h2-10,15H,11-14H2,1H3. The summed E-state index contributed by atoms with van der Waals surface area (Å²) in [5.74, 6) is 0.610. The Labute approximate surface area is 172 Å². The summed E-state index contributed by atoms with van der Waals surface area (Å²) in [6, 6.07) is 13.4. The number of benzene rings is 2. The SMILES string of the molecule is Cc1ccc(-n2nnnc2C=CN2CCN(c3cccc(C(F)(F)F)c3)CC2)cc1. The van der Waals surface area contributed by atoms with E-state index in [0.29, 0.717) is 37.7 Å². The van der Waals surface area contributed by atoms with Crippen LogP contribution in [0.2, 0.25) is 0 Å². The number of halogens is 3. The van der Waals surface area contributed by atoms with Gasteiger partial charge in [0.1, 0.15) is 0 Å². The van der Waals surface area contributed by atoms with Crippen LogP contribution in [0.3, 0.4) is 0 Å². The number of aryl methyl sites for hydroxylation is 1. The zero-order valence-electron chi connectivity index (χ0n) is 16.4. The second-order valence-electron chi connectivity index (χ2n) is 7.17. The highest BCUT2D eigenvalue weighted by Crippen LogP contribution is 2.31. The van der Waals surface area contributed by atoms with Crippen LogP contribution in [0.25, 0.3) is 11.8 Å². The van der Waals surface area contributed by atoms with Crippen LogP contribution in [0.15, 0.2) is 54.7 Å². The molecule has 1 aliphatic heterocycles. The number of alkyl halides is 3. The van der Waals surface area contributed by atoms with E-state index >= 15 is 0 Å². The molecule has 4 rings (SSSR count). The van der Waals surface area contributed by atoms with Crippen LogP contribution in [0, 0.1) is 6.92 Å². The molecule has 0 aliphatic carbocycles. The van der Waals surface area contributed by atoms with Crippen molar-refractivity contribution in [3.63, 3.8) is 0 Å². The molecule has 156 valence electrons. The van der Waals surface area contributed by atoms with Gasteiger partial charge in [0.15, 0.2) is 5.82 Å². The molecule has 1 aliphatic rings. The Morgan fingerprint density at radius 1 is 0.933 bits per heavy atom. The summed E-state index contributed by atoms with van der Waals surface area (Å²) in [6.45, 7) is 4.67. The zero-order chi connectivity index (χ0) is 21.1. The van der Waals surface area contributed by atoms with Crippen LogP contribution in [-0.4, -0.2) is 51.3 Å². The van der Waals surface area contributed by atoms with E-state index in [1.807, 2.05) is 48.4 Å². The minimum absolute atomic E-state index is 0.594. The molecule has 9 heteroatoms. The maximum atomic E-state index is 13.0. The maximum absolute atomic E-state index is 13.0. The molecule has 0 bridgehead atoms. The first-order chi connectivity index (χ1) is 14.4. The fourth-order valence-corrected chi connectivity index (χ4v) is 3.35. The lowest BCUT2D eigenvalue weighted by atomic mass is 10.1. The van der Waals surface area contributed by atoms with Gasteiger partial charge in [0, 0.05) is 44.1 Å². The van der Waals surface area contributed by atoms with Gasteiger partial charge in [-0.15, -0.1) is 5.10 Å². The molecule has 0 unspecified atom stereocenters. The van der Waals surface area contributed by atoms with Crippen LogP contribution in [-0.2, 0) is 6.18 Å². The monoisotopic (exact) mass is 414 g/mol. The first kappa shape index (κ1) is 19.9. The van der Waals surface area contributed by atoms with Crippen LogP contribution in [0.1, 0.15) is 17.0 Å². The minimum atomic E-state index is -4.33. The summed E-state index contributed by atoms with van der Waals surface area (Å²) in [5.41, 5.74) is 2.00. The first-order valence-electron chi connectivity index (χ1n) is 9.60. The highest BCUT2D eigenvalue weighted by Gasteiger charge is 2.31. The Bertz CT molecular complexity index is 1020. The van der Waals surface area contributed by atoms with E-state index in [-0.39, 0.29) is 0 Å². The molecule has 30 heavy (non-hydrogen) atoms. The summed E-state index contributed by atoms with van der Waals surface area (Å²) in [4.78, 5) is 4.08. The first-order valence-corrected chi connectivity index (χ1v) is 9.60. The molecule has 2 heterocycles. The molecule has 0 radical (unpaired) electrons. The molecular formula is C21H21F3N6. The summed E-state index contributed by atoms with van der Waals surface area (Å²) in [5, 5.41) is 11.9. The molecule has 1 saturated heterocycles. The van der Waals surface area contributed by atoms with Crippen molar-refractivity contribution in [1.29, 1.82) is 0 Å². The number of tetrazole rings is 1. The number of nitrogens with zero attached hydrogens (tertiary/aromatic N) is 6. The van der Waals surface area contributed by atoms with Gasteiger partial charge in [-0.05, 0) is 47.7 Å². The topological polar surface area (TPSA) is 50.1 Å². The Balaban J connectivity index is 1.40. The number of aromatic nitrogens is 4. The largest absolute Gasteiger partial charge is 0.416 e. The van der Waals surface area contributed by atoms with Crippen molar-refractivity contribution >= 4 is 11.8 Å². The second-order valence-corrected chi connectivity index (χ2v) is 7.17. The lowest BCUT2D eigenvalue weighted by Gasteiger charge is -2.35. The number of hydrogen-bond acceptors (Lipinski definition) is 5. The molecule has 6 nitrogen and oxygen atoms in total. The molecule has 0 N–H and O–H groups in total. The third-order valence-electron chi connectivity index (χ3n) is 5.06. The predicted molar refractivity (Wildman–Crippen MR) is 108 cm³/mol. The molecule has 0 saturated carbocycles. The summed E-state index contributed by atoms with van der Waals surface area (Å²) >= 11 is 0. The van der Waals surface area contributed by atoms with Crippen LogP contribution in [0.5, 0.6) is 0 Å². The molecule has 2 aromatic carbocycles. The maximum Gasteiger partial charge on any atom is 0.416 e. The van der Waals surface area contributed by atoms with Gasteiger partial charge in [0.2, 0.25) is 0 Å². The lowest BCUT2D eigenvalue weighted by molar-refractivity contribution is -0.137. The fourth-order valence-electron chi connectivity index (χ4n) is 3.35. The Kier molecular flexibility index (Phi) is 5.43. The van der Waals surface area contributed by atoms with E-state index in [4.69, 9.17) is 0 Å². The van der Waals surface area contributed by atoms with Crippen LogP contribution in [0.4, 0.5) is 18.9 Å². The minimum Gasteiger partial charge on any atom is -0.374 e. The van der Waals surface area contributed by atoms with E-state index in [2.05, 4.69) is 20.4 Å². The van der Waals surface area contributed by atoms with Gasteiger partial charge in [0.25, 0.3) is 0 Å². The zero-order valence-corrected chi connectivity index (χ0v) is 16.4. The van der Waals surface area contributed by atoms with Gasteiger partial charge < -0.3 is 9.80 Å². The molecule has 0 amide bonds. The van der Waals surface area contributed by atoms with Crippen LogP contribution < -0.4 is 4.90 Å². The second kappa shape index (κ2) is 8.17. The van der Waals surface area contributed by atoms with Gasteiger partial charge in [-0.3, -0.25) is 0 Å². The van der Waals surface area contributed by atoms with E-state index in [1.165, 1.54) is 12.1 Å². The van der Waals surface area contributed by atoms with Crippen LogP contribution >= 0.6 is 0 Å². The molecule has 0 spiro atoms. The van der Waals surface area contributed by atoms with Gasteiger partial charge >= 0.3 is 6.18 Å². The molecule has 1 aromatic heterocycles. The van der Waals surface area contributed by atoms with Gasteiger partial charge in [-0.1, -0.05) is 23.8 Å². The van der Waals surface area contributed by atoms with Crippen molar-refractivity contribution in [3.8, 4) is 5.69 Å². The lowest BCUT2D eigenvalue weighted by Crippen LogP contribution is -2.44. The Morgan fingerprint density at radius 3 is 2.37 bits per heavy atom. The van der Waals surface area contributed by atoms with Gasteiger partial charge in [0.05, 0.1) is 11.3 Å². The van der Waals surface area contributed by atoms with Crippen molar-refractivity contribution < 1.29 is 13.2 Å². The number of rotatable bonds is 4. The highest BCUT2D eigenvalue weighted by molar-refractivity contribution is 5.50. The Hall–Kier alpha value is -3.36. The molecule has 1 fully saturated rings. The number of hydrogen-bond donors (Lipinski definition) is 0. The number of piperazine rings is 1. The molecule has 3 aromatic rings. The van der Waals surface area contributed by atoms with Crippen molar-refractivity contribution in [1.82, 2.24) is 25.1 Å². The van der Waals surface area contributed by atoms with E-state index < -0.39 is 11.7 Å². The fraction of sp³-hybridized carbons (Fsp3) is 0.286. The quantitative estimate of drug-likeness (QED) is 0.650. The van der Waals surface area contributed by atoms with Crippen molar-refractivity contribution in [2.75, 3.05) is 31.1 Å². The average molecular weight is 414 g/mol. The van der Waals surface area contributed by atoms with E-state index in [9.17, 15) is 13.2 Å². The van der Waals surface area contributed by atoms with Gasteiger partial charge in [-0.25, -0.2) is 0 Å². The van der Waals surface area contributed by atoms with E-state index in [0.717, 1.165) is 17.3 Å². The normalized spacial score (nSPS) is 15.2. The Morgan fingerprint density at radius 2 is 1.67 bits per heavy atom. The summed E-state index contributed by atoms with van der Waals surface area (Å²) < 4.78 is 40.5. The smallest absolute Gasteiger partial charge is 0.374 e. The summed E-state index contributed by atoms with van der Waals surface area (Å²) in [7, 11) is 0. The van der Waals surface area contributed by atoms with Gasteiger partial charge in [-0.2, -0.15) is 17.9 Å². The average Bonchev–Trinajstić information content (AvgIpc) is 3.21. The highest BCUT2D eigenvalue weighted by atomic mass is 19.4. The number of anilines is 1. The van der Waals surface area contributed by atoms with Crippen molar-refractivity contribution in [3.05, 3.63) is 71.7 Å². The van der Waals surface area contributed by atoms with Crippen molar-refractivity contribution in [2.45, 2.75) is 13.1 Å².